The molecular weight excluding hydrogens is 385 g/mol. The molecule has 2 atom stereocenters. The number of fused-ring (bicyclic) bond motifs is 1. The van der Waals surface area contributed by atoms with E-state index in [0.717, 1.165) is 28.3 Å². The van der Waals surface area contributed by atoms with Crippen molar-refractivity contribution in [3.63, 3.8) is 0 Å². The normalized spacial score (nSPS) is 15.1. The Labute approximate surface area is 171 Å². The fourth-order valence-corrected chi connectivity index (χ4v) is 4.01. The molecule has 0 saturated heterocycles. The van der Waals surface area contributed by atoms with Gasteiger partial charge in [-0.3, -0.25) is 14.6 Å². The number of nitrogens with zero attached hydrogens (tertiary/aromatic N) is 1. The summed E-state index contributed by atoms with van der Waals surface area (Å²) in [6, 6.07) is 7.48. The summed E-state index contributed by atoms with van der Waals surface area (Å²) in [7, 11) is 2.48. The van der Waals surface area contributed by atoms with Gasteiger partial charge in [0.15, 0.2) is 0 Å². The van der Waals surface area contributed by atoms with E-state index in [2.05, 4.69) is 19.9 Å². The number of benzene rings is 1. The Hall–Kier alpha value is -2.72. The first-order chi connectivity index (χ1) is 13.8. The summed E-state index contributed by atoms with van der Waals surface area (Å²) < 4.78 is 5.77. The molecule has 1 aromatic heterocycles. The van der Waals surface area contributed by atoms with Gasteiger partial charge in [0.25, 0.3) is 5.91 Å². The van der Waals surface area contributed by atoms with Crippen LogP contribution in [0.3, 0.4) is 0 Å². The van der Waals surface area contributed by atoms with Crippen LogP contribution in [-0.4, -0.2) is 5.91 Å². The van der Waals surface area contributed by atoms with E-state index in [-0.39, 0.29) is 23.3 Å². The Bertz CT molecular complexity index is 1200. The molecular formula is C22H24N3O3P. The highest BCUT2D eigenvalue weighted by Crippen LogP contribution is 2.31. The molecule has 1 aliphatic rings. The van der Waals surface area contributed by atoms with E-state index in [4.69, 9.17) is 9.41 Å². The van der Waals surface area contributed by atoms with Gasteiger partial charge >= 0.3 is 0 Å². The van der Waals surface area contributed by atoms with Crippen LogP contribution in [-0.2, 0) is 6.54 Å². The number of carbonyl (C=O) groups is 1. The number of rotatable bonds is 5. The third kappa shape index (κ3) is 3.32. The molecule has 0 spiro atoms. The van der Waals surface area contributed by atoms with Crippen LogP contribution in [0.5, 0.6) is 0 Å². The Balaban J connectivity index is 1.79. The van der Waals surface area contributed by atoms with Crippen molar-refractivity contribution < 1.29 is 9.21 Å². The van der Waals surface area contributed by atoms with Crippen LogP contribution in [0.25, 0.3) is 0 Å². The van der Waals surface area contributed by atoms with E-state index < -0.39 is 0 Å². The molecule has 2 aromatic carbocycles. The minimum Gasteiger partial charge on any atom is -0.464 e. The third-order valence-electron chi connectivity index (χ3n) is 5.33. The lowest BCUT2D eigenvalue weighted by Gasteiger charge is -2.19. The van der Waals surface area contributed by atoms with E-state index in [9.17, 15) is 9.59 Å². The van der Waals surface area contributed by atoms with Crippen molar-refractivity contribution in [3.8, 4) is 0 Å². The van der Waals surface area contributed by atoms with Gasteiger partial charge in [0.05, 0.1) is 16.9 Å². The quantitative estimate of drug-likeness (QED) is 0.635. The van der Waals surface area contributed by atoms with Crippen molar-refractivity contribution in [2.45, 2.75) is 40.3 Å². The maximum Gasteiger partial charge on any atom is 0.254 e. The zero-order valence-corrected chi connectivity index (χ0v) is 18.1. The van der Waals surface area contributed by atoms with E-state index >= 15 is 0 Å². The van der Waals surface area contributed by atoms with Gasteiger partial charge in [-0.1, -0.05) is 35.2 Å². The van der Waals surface area contributed by atoms with Crippen LogP contribution in [0, 0.1) is 19.8 Å². The van der Waals surface area contributed by atoms with Gasteiger partial charge in [0, 0.05) is 11.8 Å². The molecule has 6 nitrogen and oxygen atoms in total. The number of carbonyl (C=O) groups excluding carboxylic acids is 1. The van der Waals surface area contributed by atoms with Crippen molar-refractivity contribution in [2.24, 2.45) is 10.9 Å². The maximum atomic E-state index is 12.6. The van der Waals surface area contributed by atoms with Crippen molar-refractivity contribution in [2.75, 3.05) is 5.32 Å². The lowest BCUT2D eigenvalue weighted by Crippen LogP contribution is -2.47. The van der Waals surface area contributed by atoms with Gasteiger partial charge in [-0.25, -0.2) is 0 Å². The van der Waals surface area contributed by atoms with Gasteiger partial charge in [-0.2, -0.15) is 0 Å². The lowest BCUT2D eigenvalue weighted by atomic mass is 10.0. The average molecular weight is 409 g/mol. The predicted octanol–water partition coefficient (Wildman–Crippen LogP) is 2.92. The first-order valence-electron chi connectivity index (χ1n) is 9.64. The first kappa shape index (κ1) is 19.6. The molecule has 4 rings (SSSR count). The number of nitrogens with one attached hydrogen (secondary N) is 2. The second kappa shape index (κ2) is 7.27. The summed E-state index contributed by atoms with van der Waals surface area (Å²) >= 11 is 0. The van der Waals surface area contributed by atoms with E-state index in [1.54, 1.807) is 0 Å². The molecule has 1 aliphatic heterocycles. The molecule has 0 fully saturated rings. The highest BCUT2D eigenvalue weighted by molar-refractivity contribution is 7.28. The first-order valence-corrected chi connectivity index (χ1v) is 10.2. The van der Waals surface area contributed by atoms with E-state index in [0.29, 0.717) is 28.5 Å². The highest BCUT2D eigenvalue weighted by Gasteiger charge is 2.27. The van der Waals surface area contributed by atoms with Crippen molar-refractivity contribution in [3.05, 3.63) is 68.1 Å². The summed E-state index contributed by atoms with van der Waals surface area (Å²) in [6.45, 7) is 8.44. The van der Waals surface area contributed by atoms with Crippen LogP contribution < -0.4 is 26.7 Å². The Morgan fingerprint density at radius 2 is 1.90 bits per heavy atom. The van der Waals surface area contributed by atoms with Gasteiger partial charge in [-0.15, -0.1) is 0 Å². The van der Waals surface area contributed by atoms with E-state index in [1.807, 2.05) is 52.0 Å². The second-order valence-electron chi connectivity index (χ2n) is 7.83. The van der Waals surface area contributed by atoms with Crippen molar-refractivity contribution in [1.29, 1.82) is 0 Å². The number of hydrogen-bond donors (Lipinski definition) is 2. The zero-order valence-electron chi connectivity index (χ0n) is 16.9. The molecule has 2 heterocycles. The van der Waals surface area contributed by atoms with Crippen LogP contribution >= 0.6 is 9.24 Å². The molecule has 29 heavy (non-hydrogen) atoms. The Kier molecular flexibility index (Phi) is 4.91. The van der Waals surface area contributed by atoms with Gasteiger partial charge in [-0.05, 0) is 43.0 Å². The molecule has 3 aromatic rings. The molecule has 0 saturated carbocycles. The monoisotopic (exact) mass is 409 g/mol. The molecule has 1 unspecified atom stereocenters. The number of aryl methyl sites for hydroxylation is 2. The lowest BCUT2D eigenvalue weighted by molar-refractivity contribution is 0.0966. The Morgan fingerprint density at radius 1 is 1.14 bits per heavy atom. The molecule has 0 bridgehead atoms. The predicted molar refractivity (Wildman–Crippen MR) is 117 cm³/mol. The summed E-state index contributed by atoms with van der Waals surface area (Å²) in [5.41, 5.74) is 3.78. The second-order valence-corrected chi connectivity index (χ2v) is 8.41. The fraction of sp³-hybridized carbons (Fsp3) is 0.318. The van der Waals surface area contributed by atoms with Gasteiger partial charge in [0.2, 0.25) is 5.43 Å². The highest BCUT2D eigenvalue weighted by atomic mass is 31.0. The SMILES string of the molecule is Cc1ccc([C@H](N=c2c(Nc3c(C)ccc4c3C(=O)NC4)c(P)c2=O)C(C)C)o1. The molecule has 0 aliphatic carbocycles. The number of anilines is 2. The molecule has 150 valence electrons. The third-order valence-corrected chi connectivity index (χ3v) is 5.89. The number of amides is 1. The number of furan rings is 1. The van der Waals surface area contributed by atoms with Crippen molar-refractivity contribution >= 4 is 31.8 Å². The summed E-state index contributed by atoms with van der Waals surface area (Å²) in [5.74, 6) is 1.61. The van der Waals surface area contributed by atoms with Crippen LogP contribution in [0.4, 0.5) is 11.4 Å². The van der Waals surface area contributed by atoms with E-state index in [1.165, 1.54) is 0 Å². The molecule has 7 heteroatoms. The maximum absolute atomic E-state index is 12.6. The van der Waals surface area contributed by atoms with Crippen molar-refractivity contribution in [1.82, 2.24) is 5.32 Å². The Morgan fingerprint density at radius 3 is 2.55 bits per heavy atom. The fourth-order valence-electron chi connectivity index (χ4n) is 3.67. The number of hydrogen-bond acceptors (Lipinski definition) is 5. The van der Waals surface area contributed by atoms with Crippen LogP contribution in [0.2, 0.25) is 0 Å². The molecule has 1 amide bonds. The summed E-state index contributed by atoms with van der Waals surface area (Å²) in [4.78, 5) is 29.7. The standard InChI is InChI=1S/C22H24N3O3P/c1-10(2)16(14-8-6-12(4)28-14)24-18-19(21(29)20(18)26)25-17-11(3)5-7-13-9-23-22(27)15(13)17/h5-8,10,16,25H,9,29H2,1-4H3,(H,23,27)/t16-/m1/s1. The van der Waals surface area contributed by atoms with Gasteiger partial charge < -0.3 is 15.1 Å². The molecule has 2 N–H and O–H groups in total. The topological polar surface area (TPSA) is 83.7 Å². The average Bonchev–Trinajstić information content (AvgIpc) is 3.28. The minimum absolute atomic E-state index is 0.104. The smallest absolute Gasteiger partial charge is 0.254 e. The van der Waals surface area contributed by atoms with Gasteiger partial charge in [0.1, 0.15) is 22.9 Å². The minimum atomic E-state index is -0.261. The molecule has 0 radical (unpaired) electrons. The summed E-state index contributed by atoms with van der Waals surface area (Å²) in [5, 5.41) is 7.10. The zero-order chi connectivity index (χ0) is 20.9. The largest absolute Gasteiger partial charge is 0.464 e. The van der Waals surface area contributed by atoms with Crippen LogP contribution in [0.1, 0.15) is 52.9 Å². The summed E-state index contributed by atoms with van der Waals surface area (Å²) in [6.07, 6.45) is 0. The van der Waals surface area contributed by atoms with Crippen LogP contribution in [0.15, 0.2) is 38.5 Å².